The number of anilines is 1. The van der Waals surface area contributed by atoms with Crippen LogP contribution >= 0.6 is 0 Å². The quantitative estimate of drug-likeness (QED) is 0.503. The van der Waals surface area contributed by atoms with Crippen molar-refractivity contribution in [3.63, 3.8) is 0 Å². The van der Waals surface area contributed by atoms with E-state index in [9.17, 15) is 14.0 Å². The maximum Gasteiger partial charge on any atom is 0.407 e. The Balaban J connectivity index is 1.37. The van der Waals surface area contributed by atoms with Gasteiger partial charge in [-0.3, -0.25) is 9.20 Å². The van der Waals surface area contributed by atoms with Crippen molar-refractivity contribution in [3.8, 4) is 11.4 Å². The Morgan fingerprint density at radius 1 is 1.28 bits per heavy atom. The van der Waals surface area contributed by atoms with Gasteiger partial charge in [0.25, 0.3) is 5.91 Å². The van der Waals surface area contributed by atoms with Gasteiger partial charge in [0, 0.05) is 30.5 Å². The molecule has 2 N–H and O–H groups in total. The van der Waals surface area contributed by atoms with E-state index in [1.807, 2.05) is 13.0 Å². The summed E-state index contributed by atoms with van der Waals surface area (Å²) in [6.45, 7) is 2.46. The zero-order chi connectivity index (χ0) is 22.4. The first-order valence-corrected chi connectivity index (χ1v) is 9.76. The number of amides is 2. The SMILES string of the molecule is Cc1ccc(-c2noc(C3CN(C(=O)O)C3)n2)cc1NC(=O)c1cnc2c(F)cccn12. The van der Waals surface area contributed by atoms with Gasteiger partial charge in [-0.15, -0.1) is 0 Å². The summed E-state index contributed by atoms with van der Waals surface area (Å²) in [6.07, 6.45) is 1.90. The molecule has 162 valence electrons. The highest BCUT2D eigenvalue weighted by molar-refractivity contribution is 6.04. The molecule has 0 bridgehead atoms. The lowest BCUT2D eigenvalue weighted by Gasteiger charge is -2.34. The van der Waals surface area contributed by atoms with Gasteiger partial charge in [-0.1, -0.05) is 17.3 Å². The monoisotopic (exact) mass is 436 g/mol. The second-order valence-corrected chi connectivity index (χ2v) is 7.52. The molecular formula is C21H17FN6O4. The van der Waals surface area contributed by atoms with Crippen LogP contribution in [0.4, 0.5) is 14.9 Å². The van der Waals surface area contributed by atoms with E-state index in [2.05, 4.69) is 20.4 Å². The van der Waals surface area contributed by atoms with E-state index in [1.165, 1.54) is 27.6 Å². The minimum Gasteiger partial charge on any atom is -0.465 e. The molecular weight excluding hydrogens is 419 g/mol. The number of hydrogen-bond acceptors (Lipinski definition) is 6. The molecule has 0 atom stereocenters. The zero-order valence-electron chi connectivity index (χ0n) is 16.8. The zero-order valence-corrected chi connectivity index (χ0v) is 16.8. The lowest BCUT2D eigenvalue weighted by atomic mass is 10.0. The van der Waals surface area contributed by atoms with Crippen molar-refractivity contribution in [2.75, 3.05) is 18.4 Å². The van der Waals surface area contributed by atoms with Crippen molar-refractivity contribution in [1.82, 2.24) is 24.4 Å². The topological polar surface area (TPSA) is 126 Å². The molecule has 0 unspecified atom stereocenters. The van der Waals surface area contributed by atoms with Gasteiger partial charge in [-0.25, -0.2) is 14.2 Å². The Bertz CT molecular complexity index is 1360. The Hall–Kier alpha value is -4.28. The summed E-state index contributed by atoms with van der Waals surface area (Å²) in [6, 6.07) is 8.10. The Morgan fingerprint density at radius 3 is 2.88 bits per heavy atom. The molecule has 1 aromatic carbocycles. The molecule has 10 nitrogen and oxygen atoms in total. The standard InChI is InChI=1S/C21H17FN6O4/c1-11-4-5-12(17-25-20(32-26-17)13-9-27(10-13)21(30)31)7-15(11)24-19(29)16-8-23-18-14(22)3-2-6-28(16)18/h2-8,13H,9-10H2,1H3,(H,24,29)(H,30,31). The lowest BCUT2D eigenvalue weighted by Crippen LogP contribution is -2.47. The van der Waals surface area contributed by atoms with Crippen molar-refractivity contribution in [1.29, 1.82) is 0 Å². The molecule has 3 aromatic heterocycles. The molecule has 1 fully saturated rings. The minimum atomic E-state index is -0.978. The summed E-state index contributed by atoms with van der Waals surface area (Å²) in [5.74, 6) is -0.388. The Kier molecular flexibility index (Phi) is 4.58. The third-order valence-electron chi connectivity index (χ3n) is 5.41. The van der Waals surface area contributed by atoms with Crippen LogP contribution < -0.4 is 5.32 Å². The van der Waals surface area contributed by atoms with E-state index in [0.717, 1.165) is 5.56 Å². The molecule has 0 spiro atoms. The van der Waals surface area contributed by atoms with Crippen molar-refractivity contribution >= 4 is 23.3 Å². The van der Waals surface area contributed by atoms with Crippen LogP contribution in [-0.4, -0.2) is 54.6 Å². The number of nitrogens with one attached hydrogen (secondary N) is 1. The number of benzene rings is 1. The highest BCUT2D eigenvalue weighted by Gasteiger charge is 2.35. The van der Waals surface area contributed by atoms with Gasteiger partial charge in [0.1, 0.15) is 5.69 Å². The fourth-order valence-electron chi connectivity index (χ4n) is 3.54. The molecule has 32 heavy (non-hydrogen) atoms. The molecule has 1 saturated heterocycles. The third-order valence-corrected chi connectivity index (χ3v) is 5.41. The summed E-state index contributed by atoms with van der Waals surface area (Å²) in [5, 5.41) is 15.8. The van der Waals surface area contributed by atoms with Crippen molar-refractivity contribution in [3.05, 3.63) is 65.7 Å². The van der Waals surface area contributed by atoms with E-state index in [0.29, 0.717) is 36.1 Å². The van der Waals surface area contributed by atoms with Crippen molar-refractivity contribution in [2.45, 2.75) is 12.8 Å². The number of aromatic nitrogens is 4. The molecule has 4 heterocycles. The van der Waals surface area contributed by atoms with Crippen LogP contribution in [0.15, 0.2) is 47.2 Å². The normalized spacial score (nSPS) is 13.9. The van der Waals surface area contributed by atoms with Gasteiger partial charge in [0.15, 0.2) is 11.5 Å². The number of pyridine rings is 1. The first kappa shape index (κ1) is 19.7. The van der Waals surface area contributed by atoms with E-state index in [4.69, 9.17) is 9.63 Å². The van der Waals surface area contributed by atoms with E-state index < -0.39 is 17.8 Å². The molecule has 0 saturated carbocycles. The number of aryl methyl sites for hydroxylation is 1. The highest BCUT2D eigenvalue weighted by atomic mass is 19.1. The predicted octanol–water partition coefficient (Wildman–Crippen LogP) is 3.16. The van der Waals surface area contributed by atoms with Crippen LogP contribution in [0.2, 0.25) is 0 Å². The molecule has 0 aliphatic carbocycles. The fourth-order valence-corrected chi connectivity index (χ4v) is 3.54. The number of likely N-dealkylation sites (tertiary alicyclic amines) is 1. The molecule has 0 radical (unpaired) electrons. The highest BCUT2D eigenvalue weighted by Crippen LogP contribution is 2.29. The van der Waals surface area contributed by atoms with Crippen LogP contribution in [0, 0.1) is 12.7 Å². The number of carbonyl (C=O) groups is 2. The number of carboxylic acid groups (broad SMARTS) is 1. The number of halogens is 1. The maximum absolute atomic E-state index is 13.9. The number of rotatable bonds is 4. The first-order valence-electron chi connectivity index (χ1n) is 9.76. The lowest BCUT2D eigenvalue weighted by molar-refractivity contribution is 0.0958. The van der Waals surface area contributed by atoms with Gasteiger partial charge >= 0.3 is 6.09 Å². The van der Waals surface area contributed by atoms with E-state index in [-0.39, 0.29) is 17.3 Å². The first-order chi connectivity index (χ1) is 15.4. The van der Waals surface area contributed by atoms with Gasteiger partial charge in [0.2, 0.25) is 11.7 Å². The molecule has 11 heteroatoms. The van der Waals surface area contributed by atoms with Crippen LogP contribution in [0.25, 0.3) is 17.0 Å². The predicted molar refractivity (Wildman–Crippen MR) is 110 cm³/mol. The average molecular weight is 436 g/mol. The minimum absolute atomic E-state index is 0.0694. The molecule has 5 rings (SSSR count). The molecule has 1 aliphatic rings. The number of fused-ring (bicyclic) bond motifs is 1. The van der Waals surface area contributed by atoms with E-state index >= 15 is 0 Å². The average Bonchev–Trinajstić information content (AvgIpc) is 3.36. The van der Waals surface area contributed by atoms with Crippen molar-refractivity contribution in [2.24, 2.45) is 0 Å². The summed E-state index contributed by atoms with van der Waals surface area (Å²) in [7, 11) is 0. The molecule has 4 aromatic rings. The second kappa shape index (κ2) is 7.45. The summed E-state index contributed by atoms with van der Waals surface area (Å²) < 4.78 is 20.6. The van der Waals surface area contributed by atoms with Crippen molar-refractivity contribution < 1.29 is 23.6 Å². The number of imidazole rings is 1. The van der Waals surface area contributed by atoms with Gasteiger partial charge in [-0.2, -0.15) is 4.98 Å². The summed E-state index contributed by atoms with van der Waals surface area (Å²) >= 11 is 0. The smallest absolute Gasteiger partial charge is 0.407 e. The number of carbonyl (C=O) groups excluding carboxylic acids is 1. The third kappa shape index (κ3) is 3.33. The Labute approximate surface area is 180 Å². The fraction of sp³-hybridized carbons (Fsp3) is 0.190. The largest absolute Gasteiger partial charge is 0.465 e. The maximum atomic E-state index is 13.9. The van der Waals surface area contributed by atoms with Gasteiger partial charge in [0.05, 0.1) is 12.1 Å². The molecule has 2 amide bonds. The van der Waals surface area contributed by atoms with E-state index in [1.54, 1.807) is 18.3 Å². The summed E-state index contributed by atoms with van der Waals surface area (Å²) in [5.41, 5.74) is 2.23. The number of nitrogens with zero attached hydrogens (tertiary/aromatic N) is 5. The number of hydrogen-bond donors (Lipinski definition) is 2. The van der Waals surface area contributed by atoms with Gasteiger partial charge < -0.3 is 19.8 Å². The van der Waals surface area contributed by atoms with Crippen LogP contribution in [0.1, 0.15) is 27.9 Å². The Morgan fingerprint density at radius 2 is 2.09 bits per heavy atom. The van der Waals surface area contributed by atoms with Crippen LogP contribution in [0.3, 0.4) is 0 Å². The molecule has 1 aliphatic heterocycles. The second-order valence-electron chi connectivity index (χ2n) is 7.52. The summed E-state index contributed by atoms with van der Waals surface area (Å²) in [4.78, 5) is 33.4. The van der Waals surface area contributed by atoms with Gasteiger partial charge in [-0.05, 0) is 30.7 Å². The van der Waals surface area contributed by atoms with Crippen LogP contribution in [0.5, 0.6) is 0 Å². The van der Waals surface area contributed by atoms with Crippen LogP contribution in [-0.2, 0) is 0 Å².